The Hall–Kier alpha value is -3.36. The van der Waals surface area contributed by atoms with Crippen LogP contribution in [0.1, 0.15) is 50.8 Å². The monoisotopic (exact) mass is 583 g/mol. The van der Waals surface area contributed by atoms with Crippen LogP contribution in [0.15, 0.2) is 77.7 Å². The van der Waals surface area contributed by atoms with E-state index in [0.717, 1.165) is 21.0 Å². The summed E-state index contributed by atoms with van der Waals surface area (Å²) >= 11 is 6.09. The van der Waals surface area contributed by atoms with E-state index < -0.39 is 34.1 Å². The van der Waals surface area contributed by atoms with E-state index in [2.05, 4.69) is 5.32 Å². The molecule has 0 saturated heterocycles. The predicted octanol–water partition coefficient (Wildman–Crippen LogP) is 5.87. The first kappa shape index (κ1) is 31.2. The summed E-state index contributed by atoms with van der Waals surface area (Å²) in [6, 6.07) is 19.6. The van der Waals surface area contributed by atoms with Gasteiger partial charge in [0.15, 0.2) is 0 Å². The van der Waals surface area contributed by atoms with E-state index in [4.69, 9.17) is 11.6 Å². The van der Waals surface area contributed by atoms with Gasteiger partial charge in [-0.1, -0.05) is 60.5 Å². The first-order valence-corrected chi connectivity index (χ1v) is 15.1. The molecular formula is C31H38ClN3O4S. The SMILES string of the molecule is CC[C@H](C(=O)NC(C)(C)C)N(Cc1ccccc1C)C(=O)CN(c1ccc(Cl)cc1)S(=O)(=O)c1ccc(C)cc1. The molecule has 3 rings (SSSR count). The molecule has 0 saturated carbocycles. The van der Waals surface area contributed by atoms with Crippen LogP contribution in [0.4, 0.5) is 5.69 Å². The van der Waals surface area contributed by atoms with Crippen LogP contribution in [-0.4, -0.2) is 43.3 Å². The minimum absolute atomic E-state index is 0.0591. The van der Waals surface area contributed by atoms with Gasteiger partial charge in [0.25, 0.3) is 10.0 Å². The number of carbonyl (C=O) groups is 2. The van der Waals surface area contributed by atoms with Crippen molar-refractivity contribution in [1.82, 2.24) is 10.2 Å². The summed E-state index contributed by atoms with van der Waals surface area (Å²) in [5.41, 5.74) is 2.53. The molecule has 0 radical (unpaired) electrons. The molecule has 3 aromatic rings. The van der Waals surface area contributed by atoms with E-state index >= 15 is 0 Å². The lowest BCUT2D eigenvalue weighted by Gasteiger charge is -2.35. The second-order valence-corrected chi connectivity index (χ2v) is 13.2. The van der Waals surface area contributed by atoms with Crippen LogP contribution in [-0.2, 0) is 26.2 Å². The van der Waals surface area contributed by atoms with Gasteiger partial charge in [-0.2, -0.15) is 0 Å². The van der Waals surface area contributed by atoms with E-state index in [1.54, 1.807) is 36.4 Å². The van der Waals surface area contributed by atoms with Crippen LogP contribution in [0.5, 0.6) is 0 Å². The van der Waals surface area contributed by atoms with Gasteiger partial charge in [-0.15, -0.1) is 0 Å². The average Bonchev–Trinajstić information content (AvgIpc) is 2.88. The molecule has 0 fully saturated rings. The largest absolute Gasteiger partial charge is 0.350 e. The molecule has 0 heterocycles. The van der Waals surface area contributed by atoms with E-state index in [1.165, 1.54) is 17.0 Å². The third-order valence-electron chi connectivity index (χ3n) is 6.49. The maximum absolute atomic E-state index is 14.1. The fourth-order valence-electron chi connectivity index (χ4n) is 4.32. The Bertz CT molecular complexity index is 1430. The highest BCUT2D eigenvalue weighted by molar-refractivity contribution is 7.92. The minimum Gasteiger partial charge on any atom is -0.350 e. The molecule has 214 valence electrons. The van der Waals surface area contributed by atoms with E-state index in [-0.39, 0.29) is 17.3 Å². The van der Waals surface area contributed by atoms with Gasteiger partial charge in [-0.3, -0.25) is 13.9 Å². The standard InChI is InChI=1S/C31H38ClN3O4S/c1-7-28(30(37)33-31(4,5)6)34(20-24-11-9-8-10-23(24)3)29(36)21-35(26-16-14-25(32)15-17-26)40(38,39)27-18-12-22(2)13-19-27/h8-19,28H,7,20-21H2,1-6H3,(H,33,37)/t28-/m1/s1. The van der Waals surface area contributed by atoms with Crippen molar-refractivity contribution in [2.24, 2.45) is 0 Å². The highest BCUT2D eigenvalue weighted by atomic mass is 35.5. The van der Waals surface area contributed by atoms with Crippen LogP contribution in [0.25, 0.3) is 0 Å². The molecule has 1 atom stereocenters. The molecule has 9 heteroatoms. The van der Waals surface area contributed by atoms with Crippen LogP contribution in [0.2, 0.25) is 5.02 Å². The average molecular weight is 584 g/mol. The summed E-state index contributed by atoms with van der Waals surface area (Å²) in [7, 11) is -4.13. The molecule has 0 bridgehead atoms. The summed E-state index contributed by atoms with van der Waals surface area (Å²) in [4.78, 5) is 29.1. The highest BCUT2D eigenvalue weighted by Crippen LogP contribution is 2.27. The summed E-state index contributed by atoms with van der Waals surface area (Å²) < 4.78 is 28.9. The van der Waals surface area contributed by atoms with Crippen molar-refractivity contribution in [3.8, 4) is 0 Å². The number of nitrogens with one attached hydrogen (secondary N) is 1. The topological polar surface area (TPSA) is 86.8 Å². The molecular weight excluding hydrogens is 546 g/mol. The number of nitrogens with zero attached hydrogens (tertiary/aromatic N) is 2. The Morgan fingerprint density at radius 3 is 2.08 bits per heavy atom. The van der Waals surface area contributed by atoms with Gasteiger partial charge in [0.2, 0.25) is 11.8 Å². The van der Waals surface area contributed by atoms with Crippen LogP contribution in [0, 0.1) is 13.8 Å². The van der Waals surface area contributed by atoms with Gasteiger partial charge in [-0.05, 0) is 88.6 Å². The highest BCUT2D eigenvalue weighted by Gasteiger charge is 2.34. The lowest BCUT2D eigenvalue weighted by atomic mass is 10.0. The summed E-state index contributed by atoms with van der Waals surface area (Å²) in [5.74, 6) is -0.791. The predicted molar refractivity (Wildman–Crippen MR) is 161 cm³/mol. The lowest BCUT2D eigenvalue weighted by molar-refractivity contribution is -0.141. The van der Waals surface area contributed by atoms with Crippen molar-refractivity contribution in [2.75, 3.05) is 10.8 Å². The molecule has 1 N–H and O–H groups in total. The lowest BCUT2D eigenvalue weighted by Crippen LogP contribution is -2.55. The molecule has 0 spiro atoms. The number of sulfonamides is 1. The molecule has 0 aliphatic rings. The number of hydrogen-bond acceptors (Lipinski definition) is 4. The van der Waals surface area contributed by atoms with Crippen LogP contribution >= 0.6 is 11.6 Å². The Morgan fingerprint density at radius 1 is 0.925 bits per heavy atom. The molecule has 7 nitrogen and oxygen atoms in total. The first-order chi connectivity index (χ1) is 18.7. The van der Waals surface area contributed by atoms with Crippen molar-refractivity contribution >= 4 is 39.1 Å². The normalized spacial score (nSPS) is 12.5. The second-order valence-electron chi connectivity index (χ2n) is 10.9. The third-order valence-corrected chi connectivity index (χ3v) is 8.53. The molecule has 0 aliphatic carbocycles. The Morgan fingerprint density at radius 2 is 1.52 bits per heavy atom. The van der Waals surface area contributed by atoms with Crippen molar-refractivity contribution < 1.29 is 18.0 Å². The zero-order valence-electron chi connectivity index (χ0n) is 23.9. The summed E-state index contributed by atoms with van der Waals surface area (Å²) in [6.45, 7) is 10.9. The number of carbonyl (C=O) groups excluding carboxylic acids is 2. The molecule has 40 heavy (non-hydrogen) atoms. The number of amides is 2. The maximum atomic E-state index is 14.1. The van der Waals surface area contributed by atoms with Crippen LogP contribution < -0.4 is 9.62 Å². The summed E-state index contributed by atoms with van der Waals surface area (Å²) in [5, 5.41) is 3.42. The number of aryl methyl sites for hydroxylation is 2. The summed E-state index contributed by atoms with van der Waals surface area (Å²) in [6.07, 6.45) is 0.352. The van der Waals surface area contributed by atoms with Crippen molar-refractivity contribution in [3.63, 3.8) is 0 Å². The zero-order chi connectivity index (χ0) is 29.7. The van der Waals surface area contributed by atoms with Crippen molar-refractivity contribution in [2.45, 2.75) is 71.0 Å². The van der Waals surface area contributed by atoms with Crippen LogP contribution in [0.3, 0.4) is 0 Å². The molecule has 0 aliphatic heterocycles. The minimum atomic E-state index is -4.13. The first-order valence-electron chi connectivity index (χ1n) is 13.2. The quantitative estimate of drug-likeness (QED) is 0.323. The van der Waals surface area contributed by atoms with Gasteiger partial charge >= 0.3 is 0 Å². The Labute approximate surface area is 243 Å². The van der Waals surface area contributed by atoms with Gasteiger partial charge in [0.05, 0.1) is 10.6 Å². The third kappa shape index (κ3) is 7.86. The van der Waals surface area contributed by atoms with Gasteiger partial charge in [0, 0.05) is 17.1 Å². The van der Waals surface area contributed by atoms with Crippen molar-refractivity contribution in [3.05, 3.63) is 94.5 Å². The van der Waals surface area contributed by atoms with Crippen molar-refractivity contribution in [1.29, 1.82) is 0 Å². The zero-order valence-corrected chi connectivity index (χ0v) is 25.5. The number of rotatable bonds is 10. The van der Waals surface area contributed by atoms with Gasteiger partial charge < -0.3 is 10.2 Å². The molecule has 3 aromatic carbocycles. The second kappa shape index (κ2) is 12.9. The maximum Gasteiger partial charge on any atom is 0.264 e. The number of hydrogen-bond donors (Lipinski definition) is 1. The fourth-order valence-corrected chi connectivity index (χ4v) is 5.86. The fraction of sp³-hybridized carbons (Fsp3) is 0.355. The van der Waals surface area contributed by atoms with E-state index in [0.29, 0.717) is 17.1 Å². The van der Waals surface area contributed by atoms with E-state index in [9.17, 15) is 18.0 Å². The molecule has 2 amide bonds. The number of anilines is 1. The molecule has 0 unspecified atom stereocenters. The molecule has 0 aromatic heterocycles. The number of halogens is 1. The van der Waals surface area contributed by atoms with Gasteiger partial charge in [0.1, 0.15) is 12.6 Å². The Kier molecular flexibility index (Phi) is 10.0. The Balaban J connectivity index is 2.08. The van der Waals surface area contributed by atoms with Gasteiger partial charge in [-0.25, -0.2) is 8.42 Å². The van der Waals surface area contributed by atoms with E-state index in [1.807, 2.05) is 65.8 Å². The smallest absolute Gasteiger partial charge is 0.264 e. The number of benzene rings is 3.